The number of carbonyl (C=O) groups excluding carboxylic acids is 1. The van der Waals surface area contributed by atoms with Gasteiger partial charge < -0.3 is 21.2 Å². The molecular formula is C13H26N4O2. The van der Waals surface area contributed by atoms with Crippen LogP contribution in [-0.2, 0) is 4.79 Å². The summed E-state index contributed by atoms with van der Waals surface area (Å²) in [6.45, 7) is 3.27. The van der Waals surface area contributed by atoms with Crippen molar-refractivity contribution in [2.75, 3.05) is 20.1 Å². The van der Waals surface area contributed by atoms with Crippen LogP contribution >= 0.6 is 0 Å². The van der Waals surface area contributed by atoms with Gasteiger partial charge in [-0.25, -0.2) is 0 Å². The Morgan fingerprint density at radius 2 is 2.16 bits per heavy atom. The number of amidine groups is 1. The van der Waals surface area contributed by atoms with Crippen molar-refractivity contribution < 1.29 is 10.0 Å². The summed E-state index contributed by atoms with van der Waals surface area (Å²) in [4.78, 5) is 14.2. The summed E-state index contributed by atoms with van der Waals surface area (Å²) in [5, 5.41) is 14.4. The predicted octanol–water partition coefficient (Wildman–Crippen LogP) is 0.750. The van der Waals surface area contributed by atoms with E-state index >= 15 is 0 Å². The lowest BCUT2D eigenvalue weighted by atomic mass is 10.1. The Kier molecular flexibility index (Phi) is 6.62. The molecule has 110 valence electrons. The molecule has 1 aliphatic rings. The van der Waals surface area contributed by atoms with Crippen molar-refractivity contribution >= 4 is 11.7 Å². The highest BCUT2D eigenvalue weighted by Crippen LogP contribution is 2.21. The smallest absolute Gasteiger partial charge is 0.230 e. The van der Waals surface area contributed by atoms with Crippen LogP contribution in [0.3, 0.4) is 0 Å². The molecule has 0 aromatic heterocycles. The summed E-state index contributed by atoms with van der Waals surface area (Å²) >= 11 is 0. The van der Waals surface area contributed by atoms with Gasteiger partial charge in [-0.05, 0) is 26.3 Å². The molecule has 0 aromatic rings. The Labute approximate surface area is 115 Å². The fraction of sp³-hybridized carbons (Fsp3) is 0.846. The number of nitrogens with one attached hydrogen (secondary N) is 1. The number of carbonyl (C=O) groups is 1. The van der Waals surface area contributed by atoms with Crippen molar-refractivity contribution in [3.63, 3.8) is 0 Å². The lowest BCUT2D eigenvalue weighted by Crippen LogP contribution is -2.42. The van der Waals surface area contributed by atoms with Crippen LogP contribution in [0.5, 0.6) is 0 Å². The maximum Gasteiger partial charge on any atom is 0.230 e. The number of hydrogen-bond acceptors (Lipinski definition) is 4. The molecule has 0 spiro atoms. The van der Waals surface area contributed by atoms with Gasteiger partial charge >= 0.3 is 0 Å². The minimum absolute atomic E-state index is 0.0239. The van der Waals surface area contributed by atoms with E-state index in [1.54, 1.807) is 0 Å². The Morgan fingerprint density at radius 1 is 1.53 bits per heavy atom. The molecule has 0 saturated heterocycles. The third-order valence-corrected chi connectivity index (χ3v) is 3.91. The van der Waals surface area contributed by atoms with Gasteiger partial charge in [0.2, 0.25) is 5.91 Å². The Balaban J connectivity index is 2.29. The summed E-state index contributed by atoms with van der Waals surface area (Å²) in [6, 6.07) is 0.656. The topological polar surface area (TPSA) is 91.0 Å². The van der Waals surface area contributed by atoms with E-state index in [9.17, 15) is 4.79 Å². The first-order chi connectivity index (χ1) is 9.10. The molecule has 1 saturated carbocycles. The molecule has 1 aliphatic carbocycles. The SMILES string of the molecule is CCC(C(=O)NCCN(C)C1CCCC1)C(N)=NO. The van der Waals surface area contributed by atoms with Gasteiger partial charge in [0, 0.05) is 19.1 Å². The molecule has 6 nitrogen and oxygen atoms in total. The summed E-state index contributed by atoms with van der Waals surface area (Å²) in [5.74, 6) is -0.733. The van der Waals surface area contributed by atoms with E-state index in [4.69, 9.17) is 10.9 Å². The molecule has 1 amide bonds. The van der Waals surface area contributed by atoms with Gasteiger partial charge in [-0.2, -0.15) is 0 Å². The molecule has 0 aromatic carbocycles. The number of amides is 1. The number of nitrogens with zero attached hydrogens (tertiary/aromatic N) is 2. The van der Waals surface area contributed by atoms with Crippen LogP contribution in [0.4, 0.5) is 0 Å². The zero-order valence-electron chi connectivity index (χ0n) is 11.9. The zero-order chi connectivity index (χ0) is 14.3. The third kappa shape index (κ3) is 4.70. The van der Waals surface area contributed by atoms with Gasteiger partial charge in [0.25, 0.3) is 0 Å². The molecule has 1 fully saturated rings. The molecule has 1 unspecified atom stereocenters. The van der Waals surface area contributed by atoms with Crippen molar-refractivity contribution in [2.24, 2.45) is 16.8 Å². The predicted molar refractivity (Wildman–Crippen MR) is 75.1 cm³/mol. The Morgan fingerprint density at radius 3 is 2.68 bits per heavy atom. The normalized spacial score (nSPS) is 18.8. The second-order valence-electron chi connectivity index (χ2n) is 5.20. The van der Waals surface area contributed by atoms with Crippen molar-refractivity contribution in [3.8, 4) is 0 Å². The maximum atomic E-state index is 11.9. The van der Waals surface area contributed by atoms with Crippen LogP contribution in [0, 0.1) is 5.92 Å². The van der Waals surface area contributed by atoms with E-state index in [-0.39, 0.29) is 11.7 Å². The number of hydrogen-bond donors (Lipinski definition) is 3. The zero-order valence-corrected chi connectivity index (χ0v) is 11.9. The minimum Gasteiger partial charge on any atom is -0.409 e. The van der Waals surface area contributed by atoms with Crippen LogP contribution in [0.25, 0.3) is 0 Å². The van der Waals surface area contributed by atoms with Crippen LogP contribution in [-0.4, -0.2) is 48.0 Å². The van der Waals surface area contributed by atoms with Crippen molar-refractivity contribution in [1.29, 1.82) is 0 Å². The van der Waals surface area contributed by atoms with Crippen molar-refractivity contribution in [3.05, 3.63) is 0 Å². The molecule has 19 heavy (non-hydrogen) atoms. The molecule has 1 atom stereocenters. The first-order valence-corrected chi connectivity index (χ1v) is 7.05. The van der Waals surface area contributed by atoms with Crippen molar-refractivity contribution in [2.45, 2.75) is 45.1 Å². The summed E-state index contributed by atoms with van der Waals surface area (Å²) in [5.41, 5.74) is 5.49. The first-order valence-electron chi connectivity index (χ1n) is 7.05. The van der Waals surface area contributed by atoms with Crippen LogP contribution in [0.2, 0.25) is 0 Å². The lowest BCUT2D eigenvalue weighted by Gasteiger charge is -2.24. The summed E-state index contributed by atoms with van der Waals surface area (Å²) in [6.07, 6.45) is 5.66. The van der Waals surface area contributed by atoms with E-state index in [0.29, 0.717) is 19.0 Å². The van der Waals surface area contributed by atoms with E-state index < -0.39 is 5.92 Å². The average molecular weight is 270 g/mol. The van der Waals surface area contributed by atoms with E-state index in [1.165, 1.54) is 25.7 Å². The Hall–Kier alpha value is -1.30. The standard InChI is InChI=1S/C13H26N4O2/c1-3-11(12(14)16-19)13(18)15-8-9-17(2)10-6-4-5-7-10/h10-11,19H,3-9H2,1-2H3,(H2,14,16)(H,15,18). The largest absolute Gasteiger partial charge is 0.409 e. The van der Waals surface area contributed by atoms with E-state index in [1.807, 2.05) is 6.92 Å². The number of nitrogens with two attached hydrogens (primary N) is 1. The molecule has 0 aliphatic heterocycles. The molecule has 6 heteroatoms. The lowest BCUT2D eigenvalue weighted by molar-refractivity contribution is -0.123. The number of likely N-dealkylation sites (N-methyl/N-ethyl adjacent to an activating group) is 1. The molecule has 0 bridgehead atoms. The number of rotatable bonds is 7. The highest BCUT2D eigenvalue weighted by atomic mass is 16.4. The second-order valence-corrected chi connectivity index (χ2v) is 5.20. The molecule has 4 N–H and O–H groups in total. The van der Waals surface area contributed by atoms with Crippen LogP contribution in [0.1, 0.15) is 39.0 Å². The molecule has 1 rings (SSSR count). The van der Waals surface area contributed by atoms with Gasteiger partial charge in [-0.3, -0.25) is 4.79 Å². The second kappa shape index (κ2) is 7.99. The van der Waals surface area contributed by atoms with Gasteiger partial charge in [0.1, 0.15) is 0 Å². The van der Waals surface area contributed by atoms with Crippen LogP contribution in [0.15, 0.2) is 5.16 Å². The quantitative estimate of drug-likeness (QED) is 0.275. The van der Waals surface area contributed by atoms with Crippen LogP contribution < -0.4 is 11.1 Å². The third-order valence-electron chi connectivity index (χ3n) is 3.91. The number of oxime groups is 1. The molecule has 0 heterocycles. The monoisotopic (exact) mass is 270 g/mol. The molecule has 0 radical (unpaired) electrons. The summed E-state index contributed by atoms with van der Waals surface area (Å²) in [7, 11) is 2.10. The molecular weight excluding hydrogens is 244 g/mol. The van der Waals surface area contributed by atoms with E-state index in [0.717, 1.165) is 6.54 Å². The minimum atomic E-state index is -0.540. The van der Waals surface area contributed by atoms with E-state index in [2.05, 4.69) is 22.4 Å². The Bertz CT molecular complexity index is 314. The highest BCUT2D eigenvalue weighted by Gasteiger charge is 2.22. The van der Waals surface area contributed by atoms with Gasteiger partial charge in [-0.15, -0.1) is 0 Å². The fourth-order valence-electron chi connectivity index (χ4n) is 2.60. The van der Waals surface area contributed by atoms with Crippen molar-refractivity contribution in [1.82, 2.24) is 10.2 Å². The fourth-order valence-corrected chi connectivity index (χ4v) is 2.60. The van der Waals surface area contributed by atoms with Gasteiger partial charge in [0.15, 0.2) is 5.84 Å². The van der Waals surface area contributed by atoms with Gasteiger partial charge in [-0.1, -0.05) is 24.9 Å². The first kappa shape index (κ1) is 15.8. The van der Waals surface area contributed by atoms with Gasteiger partial charge in [0.05, 0.1) is 5.92 Å². The summed E-state index contributed by atoms with van der Waals surface area (Å²) < 4.78 is 0. The highest BCUT2D eigenvalue weighted by molar-refractivity contribution is 6.01. The average Bonchev–Trinajstić information content (AvgIpc) is 2.93. The maximum absolute atomic E-state index is 11.9.